The second-order valence-electron chi connectivity index (χ2n) is 5.89. The molecule has 0 fully saturated rings. The van der Waals surface area contributed by atoms with E-state index in [2.05, 4.69) is 0 Å². The summed E-state index contributed by atoms with van der Waals surface area (Å²) in [5, 5.41) is 19.4. The van der Waals surface area contributed by atoms with E-state index in [0.29, 0.717) is 17.5 Å². The lowest BCUT2D eigenvalue weighted by Crippen LogP contribution is -2.14. The fraction of sp³-hybridized carbons (Fsp3) is 0.263. The summed E-state index contributed by atoms with van der Waals surface area (Å²) in [5.41, 5.74) is 1.19. The Balaban J connectivity index is 2.44. The summed E-state index contributed by atoms with van der Waals surface area (Å²) in [6, 6.07) is 13.5. The van der Waals surface area contributed by atoms with Gasteiger partial charge in [0, 0.05) is 29.9 Å². The highest BCUT2D eigenvalue weighted by Gasteiger charge is 2.26. The molecule has 6 heteroatoms. The first-order chi connectivity index (χ1) is 11.9. The smallest absolute Gasteiger partial charge is 0.221 e. The Hall–Kier alpha value is -2.04. The number of rotatable bonds is 8. The number of halogens is 2. The number of phenolic OH excluding ortho intramolecular Hbond substituents is 2. The highest BCUT2D eigenvalue weighted by Crippen LogP contribution is 2.40. The van der Waals surface area contributed by atoms with Crippen LogP contribution in [-0.4, -0.2) is 20.7 Å². The minimum Gasteiger partial charge on any atom is -0.508 e. The van der Waals surface area contributed by atoms with Crippen LogP contribution in [0.5, 0.6) is 11.5 Å². The number of carbonyl (C=O) groups excluding carboxylic acids is 2. The van der Waals surface area contributed by atoms with Crippen LogP contribution >= 0.6 is 23.2 Å². The van der Waals surface area contributed by atoms with Crippen LogP contribution in [0.1, 0.15) is 36.3 Å². The topological polar surface area (TPSA) is 74.6 Å². The van der Waals surface area contributed by atoms with Gasteiger partial charge >= 0.3 is 0 Å². The molecular formula is C19H18Cl2O4. The van der Waals surface area contributed by atoms with Gasteiger partial charge in [-0.25, -0.2) is 0 Å². The number of phenols is 2. The third kappa shape index (κ3) is 5.48. The van der Waals surface area contributed by atoms with Crippen molar-refractivity contribution in [1.82, 2.24) is 0 Å². The van der Waals surface area contributed by atoms with E-state index in [9.17, 15) is 19.8 Å². The first-order valence-electron chi connectivity index (χ1n) is 7.81. The molecule has 4 nitrogen and oxygen atoms in total. The lowest BCUT2D eigenvalue weighted by molar-refractivity contribution is -0.114. The third-order valence-corrected chi connectivity index (χ3v) is 4.40. The molecular weight excluding hydrogens is 363 g/mol. The number of aromatic hydroxyl groups is 2. The number of carbonyl (C=O) groups is 2. The first-order valence-corrected chi connectivity index (χ1v) is 8.56. The van der Waals surface area contributed by atoms with Gasteiger partial charge in [-0.15, -0.1) is 0 Å². The largest absolute Gasteiger partial charge is 0.508 e. The van der Waals surface area contributed by atoms with Crippen molar-refractivity contribution in [1.29, 1.82) is 0 Å². The second kappa shape index (κ2) is 8.88. The van der Waals surface area contributed by atoms with Crippen molar-refractivity contribution in [2.75, 3.05) is 0 Å². The fourth-order valence-electron chi connectivity index (χ4n) is 3.01. The number of hydrogen-bond acceptors (Lipinski definition) is 4. The van der Waals surface area contributed by atoms with E-state index >= 15 is 0 Å². The van der Waals surface area contributed by atoms with E-state index in [1.807, 2.05) is 0 Å². The Morgan fingerprint density at radius 2 is 1.20 bits per heavy atom. The minimum atomic E-state index is -0.559. The van der Waals surface area contributed by atoms with Crippen molar-refractivity contribution in [2.24, 2.45) is 5.92 Å². The van der Waals surface area contributed by atoms with Crippen LogP contribution in [0, 0.1) is 5.92 Å². The molecule has 0 aromatic heterocycles. The molecule has 0 aliphatic rings. The van der Waals surface area contributed by atoms with Crippen molar-refractivity contribution in [3.63, 3.8) is 0 Å². The van der Waals surface area contributed by atoms with E-state index in [4.69, 9.17) is 23.2 Å². The molecule has 0 aliphatic heterocycles. The van der Waals surface area contributed by atoms with Crippen LogP contribution in [0.4, 0.5) is 0 Å². The van der Waals surface area contributed by atoms with Crippen LogP contribution < -0.4 is 0 Å². The third-order valence-electron chi connectivity index (χ3n) is 4.09. The Kier molecular flexibility index (Phi) is 6.85. The van der Waals surface area contributed by atoms with Crippen LogP contribution in [0.15, 0.2) is 48.5 Å². The van der Waals surface area contributed by atoms with Crippen LogP contribution in [0.3, 0.4) is 0 Å². The molecule has 0 saturated heterocycles. The summed E-state index contributed by atoms with van der Waals surface area (Å²) in [6.45, 7) is 0. The summed E-state index contributed by atoms with van der Waals surface area (Å²) < 4.78 is 0. The quantitative estimate of drug-likeness (QED) is 0.658. The maximum Gasteiger partial charge on any atom is 0.221 e. The van der Waals surface area contributed by atoms with E-state index in [1.54, 1.807) is 48.5 Å². The minimum absolute atomic E-state index is 0.0162. The van der Waals surface area contributed by atoms with E-state index in [-0.39, 0.29) is 24.3 Å². The Morgan fingerprint density at radius 3 is 1.56 bits per heavy atom. The van der Waals surface area contributed by atoms with E-state index in [1.165, 1.54) is 0 Å². The standard InChI is InChI=1S/C19H18Cl2O4/c20-18(24)10-12(11-19(21)25)9-15(13-5-1-3-7-16(13)22)14-6-2-4-8-17(14)23/h1-8,12,15,22-23H,9-11H2. The molecule has 0 aliphatic carbocycles. The molecule has 2 N–H and O–H groups in total. The molecule has 0 spiro atoms. The van der Waals surface area contributed by atoms with Crippen molar-refractivity contribution in [3.05, 3.63) is 59.7 Å². The van der Waals surface area contributed by atoms with Gasteiger partial charge < -0.3 is 10.2 Å². The van der Waals surface area contributed by atoms with Crippen LogP contribution in [0.2, 0.25) is 0 Å². The Bertz CT molecular complexity index is 699. The van der Waals surface area contributed by atoms with Crippen molar-refractivity contribution >= 4 is 33.7 Å². The van der Waals surface area contributed by atoms with Gasteiger partial charge in [-0.1, -0.05) is 36.4 Å². The zero-order valence-corrected chi connectivity index (χ0v) is 14.9. The molecule has 0 saturated carbocycles. The highest BCUT2D eigenvalue weighted by atomic mass is 35.5. The molecule has 0 heterocycles. The molecule has 2 rings (SSSR count). The van der Waals surface area contributed by atoms with Gasteiger partial charge in [0.15, 0.2) is 0 Å². The summed E-state index contributed by atoms with van der Waals surface area (Å²) in [7, 11) is 0. The number of benzene rings is 2. The van der Waals surface area contributed by atoms with Gasteiger partial charge in [-0.2, -0.15) is 0 Å². The zero-order chi connectivity index (χ0) is 18.4. The number of para-hydroxylation sites is 2. The molecule has 0 unspecified atom stereocenters. The van der Waals surface area contributed by atoms with E-state index in [0.717, 1.165) is 0 Å². The monoisotopic (exact) mass is 380 g/mol. The SMILES string of the molecule is O=C(Cl)CC(CC(=O)Cl)CC(c1ccccc1O)c1ccccc1O. The summed E-state index contributed by atoms with van der Waals surface area (Å²) in [5.74, 6) is -0.675. The number of hydrogen-bond donors (Lipinski definition) is 2. The summed E-state index contributed by atoms with van der Waals surface area (Å²) in [6.07, 6.45) is 0.293. The Morgan fingerprint density at radius 1 is 0.800 bits per heavy atom. The normalized spacial score (nSPS) is 11.0. The predicted octanol–water partition coefficient (Wildman–Crippen LogP) is 4.55. The molecule has 0 radical (unpaired) electrons. The van der Waals surface area contributed by atoms with Gasteiger partial charge in [0.25, 0.3) is 0 Å². The summed E-state index contributed by atoms with van der Waals surface area (Å²) in [4.78, 5) is 22.7. The average molecular weight is 381 g/mol. The van der Waals surface area contributed by atoms with Gasteiger partial charge in [0.05, 0.1) is 0 Å². The van der Waals surface area contributed by atoms with Gasteiger partial charge in [-0.05, 0) is 47.7 Å². The van der Waals surface area contributed by atoms with Gasteiger partial charge in [0.2, 0.25) is 10.5 Å². The zero-order valence-electron chi connectivity index (χ0n) is 13.4. The molecule has 0 amide bonds. The fourth-order valence-corrected chi connectivity index (χ4v) is 3.45. The molecule has 2 aromatic rings. The Labute approximate surface area is 156 Å². The van der Waals surface area contributed by atoms with Crippen molar-refractivity contribution in [2.45, 2.75) is 25.2 Å². The van der Waals surface area contributed by atoms with Crippen LogP contribution in [-0.2, 0) is 9.59 Å². The van der Waals surface area contributed by atoms with E-state index < -0.39 is 22.3 Å². The maximum absolute atomic E-state index is 11.3. The van der Waals surface area contributed by atoms with Gasteiger partial charge in [-0.3, -0.25) is 9.59 Å². The second-order valence-corrected chi connectivity index (χ2v) is 6.73. The maximum atomic E-state index is 11.3. The summed E-state index contributed by atoms with van der Waals surface area (Å²) >= 11 is 11.0. The predicted molar refractivity (Wildman–Crippen MR) is 97.1 cm³/mol. The van der Waals surface area contributed by atoms with Crippen LogP contribution in [0.25, 0.3) is 0 Å². The molecule has 0 atom stereocenters. The molecule has 132 valence electrons. The molecule has 0 bridgehead atoms. The molecule has 2 aromatic carbocycles. The highest BCUT2D eigenvalue weighted by molar-refractivity contribution is 6.64. The molecule has 25 heavy (non-hydrogen) atoms. The lowest BCUT2D eigenvalue weighted by Gasteiger charge is -2.24. The lowest BCUT2D eigenvalue weighted by atomic mass is 9.81. The van der Waals surface area contributed by atoms with Crippen molar-refractivity contribution in [3.8, 4) is 11.5 Å². The first kappa shape index (κ1) is 19.3. The van der Waals surface area contributed by atoms with Gasteiger partial charge in [0.1, 0.15) is 11.5 Å². The average Bonchev–Trinajstić information content (AvgIpc) is 2.53. The van der Waals surface area contributed by atoms with Crippen molar-refractivity contribution < 1.29 is 19.8 Å².